The third-order valence-corrected chi connectivity index (χ3v) is 3.80. The molecule has 0 spiro atoms. The second-order valence-corrected chi connectivity index (χ2v) is 5.03. The number of halogens is 1. The molecule has 19 heavy (non-hydrogen) atoms. The minimum atomic E-state index is -0.221. The Bertz CT molecular complexity index is 471. The van der Waals surface area contributed by atoms with Crippen LogP contribution in [0.4, 0.5) is 5.82 Å². The van der Waals surface area contributed by atoms with Gasteiger partial charge < -0.3 is 15.5 Å². The Morgan fingerprint density at radius 3 is 2.84 bits per heavy atom. The normalized spacial score (nSPS) is 16.6. The average Bonchev–Trinajstić information content (AvgIpc) is 2.37. The number of hydrazine groups is 1. The second-order valence-electron chi connectivity index (χ2n) is 4.62. The molecule has 0 aromatic carbocycles. The maximum Gasteiger partial charge on any atom is 0.253 e. The Balaban J connectivity index is 1.98. The molecule has 1 heterocycles. The average molecular weight is 285 g/mol. The smallest absolute Gasteiger partial charge is 0.253 e. The van der Waals surface area contributed by atoms with Crippen molar-refractivity contribution < 1.29 is 9.53 Å². The molecule has 2 rings (SSSR count). The zero-order valence-electron chi connectivity index (χ0n) is 10.7. The summed E-state index contributed by atoms with van der Waals surface area (Å²) in [6.45, 7) is 0.497. The maximum atomic E-state index is 12.0. The van der Waals surface area contributed by atoms with E-state index in [0.717, 1.165) is 19.3 Å². The molecule has 1 amide bonds. The van der Waals surface area contributed by atoms with Crippen molar-refractivity contribution in [3.63, 3.8) is 0 Å². The predicted molar refractivity (Wildman–Crippen MR) is 73.0 cm³/mol. The highest BCUT2D eigenvalue weighted by Gasteiger charge is 2.37. The number of methoxy groups -OCH3 is 1. The largest absolute Gasteiger partial charge is 0.376 e. The van der Waals surface area contributed by atoms with Crippen LogP contribution in [-0.2, 0) is 4.74 Å². The third-order valence-electron chi connectivity index (χ3n) is 3.51. The van der Waals surface area contributed by atoms with E-state index < -0.39 is 0 Å². The Morgan fingerprint density at radius 1 is 1.63 bits per heavy atom. The van der Waals surface area contributed by atoms with E-state index >= 15 is 0 Å². The lowest BCUT2D eigenvalue weighted by Crippen LogP contribution is -2.49. The van der Waals surface area contributed by atoms with Gasteiger partial charge >= 0.3 is 0 Å². The molecule has 0 radical (unpaired) electrons. The maximum absolute atomic E-state index is 12.0. The van der Waals surface area contributed by atoms with Crippen molar-refractivity contribution in [2.75, 3.05) is 19.1 Å². The van der Waals surface area contributed by atoms with Gasteiger partial charge in [0.2, 0.25) is 0 Å². The number of hydrogen-bond acceptors (Lipinski definition) is 5. The number of rotatable bonds is 5. The third kappa shape index (κ3) is 2.97. The zero-order valence-corrected chi connectivity index (χ0v) is 11.5. The van der Waals surface area contributed by atoms with Gasteiger partial charge in [-0.1, -0.05) is 11.6 Å². The van der Waals surface area contributed by atoms with Crippen molar-refractivity contribution in [1.82, 2.24) is 10.3 Å². The summed E-state index contributed by atoms with van der Waals surface area (Å²) in [5.41, 5.74) is 2.55. The number of nitrogen functional groups attached to an aromatic ring is 1. The first-order chi connectivity index (χ1) is 9.10. The van der Waals surface area contributed by atoms with E-state index in [9.17, 15) is 4.79 Å². The van der Waals surface area contributed by atoms with Crippen LogP contribution in [0, 0.1) is 0 Å². The molecule has 0 aliphatic heterocycles. The fraction of sp³-hybridized carbons (Fsp3) is 0.500. The van der Waals surface area contributed by atoms with Crippen molar-refractivity contribution in [1.29, 1.82) is 0 Å². The number of amides is 1. The van der Waals surface area contributed by atoms with Gasteiger partial charge in [-0.25, -0.2) is 10.8 Å². The molecule has 1 fully saturated rings. The number of carbonyl (C=O) groups excluding carboxylic acids is 1. The van der Waals surface area contributed by atoms with Crippen LogP contribution in [0.1, 0.15) is 29.6 Å². The second kappa shape index (κ2) is 5.73. The summed E-state index contributed by atoms with van der Waals surface area (Å²) >= 11 is 5.92. The lowest BCUT2D eigenvalue weighted by atomic mass is 9.80. The summed E-state index contributed by atoms with van der Waals surface area (Å²) < 4.78 is 5.44. The number of carbonyl (C=O) groups is 1. The molecule has 0 atom stereocenters. The first-order valence-electron chi connectivity index (χ1n) is 6.06. The van der Waals surface area contributed by atoms with Crippen LogP contribution in [0.3, 0.4) is 0 Å². The molecule has 0 unspecified atom stereocenters. The van der Waals surface area contributed by atoms with E-state index in [1.165, 1.54) is 12.3 Å². The molecule has 1 saturated carbocycles. The number of ether oxygens (including phenoxy) is 1. The van der Waals surface area contributed by atoms with E-state index in [-0.39, 0.29) is 11.5 Å². The summed E-state index contributed by atoms with van der Waals surface area (Å²) in [6.07, 6.45) is 4.50. The molecule has 6 nitrogen and oxygen atoms in total. The molecule has 0 bridgehead atoms. The number of hydrogen-bond donors (Lipinski definition) is 3. The van der Waals surface area contributed by atoms with Gasteiger partial charge in [-0.3, -0.25) is 4.79 Å². The minimum Gasteiger partial charge on any atom is -0.376 e. The summed E-state index contributed by atoms with van der Waals surface area (Å²) in [4.78, 5) is 15.9. The van der Waals surface area contributed by atoms with Crippen LogP contribution >= 0.6 is 11.6 Å². The molecule has 104 valence electrons. The summed E-state index contributed by atoms with van der Waals surface area (Å²) in [5, 5.41) is 3.15. The van der Waals surface area contributed by atoms with Gasteiger partial charge in [0.05, 0.1) is 16.2 Å². The molecule has 1 aromatic rings. The first-order valence-corrected chi connectivity index (χ1v) is 6.43. The summed E-state index contributed by atoms with van der Waals surface area (Å²) in [5.74, 6) is 5.34. The summed E-state index contributed by atoms with van der Waals surface area (Å²) in [6, 6.07) is 1.53. The van der Waals surface area contributed by atoms with Gasteiger partial charge in [0.15, 0.2) is 5.82 Å². The Morgan fingerprint density at radius 2 is 2.37 bits per heavy atom. The molecule has 0 saturated heterocycles. The van der Waals surface area contributed by atoms with E-state index in [0.29, 0.717) is 22.9 Å². The molecule has 7 heteroatoms. The fourth-order valence-electron chi connectivity index (χ4n) is 2.04. The van der Waals surface area contributed by atoms with Crippen molar-refractivity contribution in [2.24, 2.45) is 5.84 Å². The fourth-order valence-corrected chi connectivity index (χ4v) is 2.26. The predicted octanol–water partition coefficient (Wildman–Crippen LogP) is 1.32. The SMILES string of the molecule is COC1(CNC(=O)c2cnc(NN)c(Cl)c2)CCC1. The van der Waals surface area contributed by atoms with Gasteiger partial charge in [-0.05, 0) is 25.3 Å². The quantitative estimate of drug-likeness (QED) is 0.560. The summed E-state index contributed by atoms with van der Waals surface area (Å²) in [7, 11) is 1.67. The van der Waals surface area contributed by atoms with Crippen molar-refractivity contribution >= 4 is 23.3 Å². The zero-order chi connectivity index (χ0) is 13.9. The number of aromatic nitrogens is 1. The Hall–Kier alpha value is -1.37. The van der Waals surface area contributed by atoms with Crippen molar-refractivity contribution in [3.8, 4) is 0 Å². The van der Waals surface area contributed by atoms with Gasteiger partial charge in [0.25, 0.3) is 5.91 Å². The highest BCUT2D eigenvalue weighted by Crippen LogP contribution is 2.34. The van der Waals surface area contributed by atoms with Crippen molar-refractivity contribution in [3.05, 3.63) is 22.8 Å². The van der Waals surface area contributed by atoms with Crippen LogP contribution in [0.5, 0.6) is 0 Å². The lowest BCUT2D eigenvalue weighted by Gasteiger charge is -2.40. The van der Waals surface area contributed by atoms with Crippen LogP contribution in [0.15, 0.2) is 12.3 Å². The standard InChI is InChI=1S/C12H17ClN4O2/c1-19-12(3-2-4-12)7-16-11(18)8-5-9(13)10(17-14)15-6-8/h5-6H,2-4,7,14H2,1H3,(H,15,17)(H,16,18). The molecule has 1 aliphatic rings. The van der Waals surface area contributed by atoms with E-state index in [4.69, 9.17) is 22.2 Å². The van der Waals surface area contributed by atoms with Gasteiger partial charge in [0, 0.05) is 19.9 Å². The van der Waals surface area contributed by atoms with Crippen LogP contribution < -0.4 is 16.6 Å². The number of nitrogens with two attached hydrogens (primary N) is 1. The highest BCUT2D eigenvalue weighted by molar-refractivity contribution is 6.33. The van der Waals surface area contributed by atoms with Gasteiger partial charge in [-0.15, -0.1) is 0 Å². The minimum absolute atomic E-state index is 0.203. The van der Waals surface area contributed by atoms with Gasteiger partial charge in [0.1, 0.15) is 0 Å². The van der Waals surface area contributed by atoms with E-state index in [1.807, 2.05) is 0 Å². The molecular weight excluding hydrogens is 268 g/mol. The number of nitrogens with zero attached hydrogens (tertiary/aromatic N) is 1. The number of pyridine rings is 1. The number of anilines is 1. The Kier molecular flexibility index (Phi) is 4.24. The topological polar surface area (TPSA) is 89.3 Å². The molecule has 1 aliphatic carbocycles. The molecule has 4 N–H and O–H groups in total. The van der Waals surface area contributed by atoms with Crippen molar-refractivity contribution in [2.45, 2.75) is 24.9 Å². The Labute approximate surface area is 116 Å². The molecule has 1 aromatic heterocycles. The first kappa shape index (κ1) is 14.0. The van der Waals surface area contributed by atoms with Crippen LogP contribution in [-0.4, -0.2) is 30.1 Å². The van der Waals surface area contributed by atoms with Crippen LogP contribution in [0.2, 0.25) is 5.02 Å². The lowest BCUT2D eigenvalue weighted by molar-refractivity contribution is -0.0679. The van der Waals surface area contributed by atoms with E-state index in [2.05, 4.69) is 15.7 Å². The highest BCUT2D eigenvalue weighted by atomic mass is 35.5. The number of nitrogens with one attached hydrogen (secondary N) is 2. The van der Waals surface area contributed by atoms with Gasteiger partial charge in [-0.2, -0.15) is 0 Å². The van der Waals surface area contributed by atoms with Crippen LogP contribution in [0.25, 0.3) is 0 Å². The molecular formula is C12H17ClN4O2. The monoisotopic (exact) mass is 284 g/mol. The van der Waals surface area contributed by atoms with E-state index in [1.54, 1.807) is 7.11 Å².